The van der Waals surface area contributed by atoms with Gasteiger partial charge in [-0.2, -0.15) is 0 Å². The van der Waals surface area contributed by atoms with Crippen LogP contribution < -0.4 is 9.80 Å². The molecule has 1 heterocycles. The van der Waals surface area contributed by atoms with Crippen molar-refractivity contribution < 1.29 is 9.53 Å². The van der Waals surface area contributed by atoms with Gasteiger partial charge >= 0.3 is 5.97 Å². The first-order valence-corrected chi connectivity index (χ1v) is 7.31. The maximum absolute atomic E-state index is 11.8. The maximum atomic E-state index is 11.8. The molecule has 4 heteroatoms. The second-order valence-corrected chi connectivity index (χ2v) is 5.40. The van der Waals surface area contributed by atoms with Crippen LogP contribution in [0.2, 0.25) is 0 Å². The lowest BCUT2D eigenvalue weighted by Crippen LogP contribution is -2.37. The first-order chi connectivity index (χ1) is 9.63. The smallest absolute Gasteiger partial charge is 0.309 e. The van der Waals surface area contributed by atoms with Gasteiger partial charge < -0.3 is 14.5 Å². The third kappa shape index (κ3) is 3.24. The average molecular weight is 276 g/mol. The molecule has 0 radical (unpaired) electrons. The van der Waals surface area contributed by atoms with Crippen LogP contribution in [0.4, 0.5) is 11.4 Å². The summed E-state index contributed by atoms with van der Waals surface area (Å²) in [7, 11) is 4.12. The van der Waals surface area contributed by atoms with Crippen molar-refractivity contribution in [3.05, 3.63) is 24.3 Å². The van der Waals surface area contributed by atoms with E-state index in [1.165, 1.54) is 11.4 Å². The molecule has 0 aromatic heterocycles. The van der Waals surface area contributed by atoms with Crippen LogP contribution in [-0.2, 0) is 9.53 Å². The van der Waals surface area contributed by atoms with Gasteiger partial charge in [-0.3, -0.25) is 4.79 Å². The number of para-hydroxylation sites is 2. The molecule has 4 nitrogen and oxygen atoms in total. The Labute approximate surface area is 121 Å². The molecule has 0 bridgehead atoms. The van der Waals surface area contributed by atoms with Crippen LogP contribution in [0.5, 0.6) is 0 Å². The van der Waals surface area contributed by atoms with Crippen LogP contribution in [-0.4, -0.2) is 39.8 Å². The quantitative estimate of drug-likeness (QED) is 0.791. The van der Waals surface area contributed by atoms with Crippen molar-refractivity contribution >= 4 is 17.3 Å². The van der Waals surface area contributed by atoms with Gasteiger partial charge in [-0.25, -0.2) is 0 Å². The van der Waals surface area contributed by atoms with Crippen molar-refractivity contribution in [2.75, 3.05) is 43.6 Å². The highest BCUT2D eigenvalue weighted by Gasteiger charge is 2.26. The molecule has 1 saturated heterocycles. The highest BCUT2D eigenvalue weighted by Crippen LogP contribution is 2.31. The Bertz CT molecular complexity index is 452. The molecule has 0 amide bonds. The number of nitrogens with zero attached hydrogens (tertiary/aromatic N) is 2. The number of ether oxygens (including phenoxy) is 1. The normalized spacial score (nSPS) is 16.1. The van der Waals surface area contributed by atoms with Gasteiger partial charge in [-0.15, -0.1) is 0 Å². The van der Waals surface area contributed by atoms with Gasteiger partial charge in [0.05, 0.1) is 23.9 Å². The van der Waals surface area contributed by atoms with Crippen LogP contribution >= 0.6 is 0 Å². The Morgan fingerprint density at radius 3 is 2.55 bits per heavy atom. The summed E-state index contributed by atoms with van der Waals surface area (Å²) < 4.78 is 5.12. The molecule has 1 aromatic rings. The maximum Gasteiger partial charge on any atom is 0.309 e. The van der Waals surface area contributed by atoms with E-state index >= 15 is 0 Å². The Balaban J connectivity index is 2.02. The lowest BCUT2D eigenvalue weighted by molar-refractivity contribution is -0.148. The summed E-state index contributed by atoms with van der Waals surface area (Å²) in [6.07, 6.45) is 1.75. The number of piperidine rings is 1. The van der Waals surface area contributed by atoms with Gasteiger partial charge in [0.1, 0.15) is 0 Å². The summed E-state index contributed by atoms with van der Waals surface area (Å²) in [4.78, 5) is 16.3. The Morgan fingerprint density at radius 1 is 1.30 bits per heavy atom. The molecule has 1 aliphatic rings. The summed E-state index contributed by atoms with van der Waals surface area (Å²) >= 11 is 0. The number of anilines is 2. The monoisotopic (exact) mass is 276 g/mol. The van der Waals surface area contributed by atoms with Crippen molar-refractivity contribution in [1.29, 1.82) is 0 Å². The number of carbonyl (C=O) groups excluding carboxylic acids is 1. The number of carbonyl (C=O) groups is 1. The molecular weight excluding hydrogens is 252 g/mol. The lowest BCUT2D eigenvalue weighted by atomic mass is 9.96. The number of esters is 1. The second-order valence-electron chi connectivity index (χ2n) is 5.40. The minimum Gasteiger partial charge on any atom is -0.466 e. The molecule has 0 saturated carbocycles. The number of hydrogen-bond donors (Lipinski definition) is 0. The molecule has 0 N–H and O–H groups in total. The molecule has 2 rings (SSSR count). The number of benzene rings is 1. The predicted molar refractivity (Wildman–Crippen MR) is 82.3 cm³/mol. The molecule has 1 fully saturated rings. The molecule has 0 atom stereocenters. The molecular formula is C16H24N2O2. The van der Waals surface area contributed by atoms with Crippen LogP contribution in [0.15, 0.2) is 24.3 Å². The van der Waals surface area contributed by atoms with Gasteiger partial charge in [0.2, 0.25) is 0 Å². The van der Waals surface area contributed by atoms with Crippen molar-refractivity contribution in [3.63, 3.8) is 0 Å². The van der Waals surface area contributed by atoms with Crippen LogP contribution in [0.3, 0.4) is 0 Å². The van der Waals surface area contributed by atoms with Gasteiger partial charge in [0.15, 0.2) is 0 Å². The van der Waals surface area contributed by atoms with Crippen molar-refractivity contribution in [2.24, 2.45) is 5.92 Å². The highest BCUT2D eigenvalue weighted by atomic mass is 16.5. The van der Waals surface area contributed by atoms with E-state index in [4.69, 9.17) is 4.74 Å². The Morgan fingerprint density at radius 2 is 1.95 bits per heavy atom. The summed E-state index contributed by atoms with van der Waals surface area (Å²) in [5.74, 6) is 0.0331. The Hall–Kier alpha value is -1.71. The van der Waals surface area contributed by atoms with E-state index in [-0.39, 0.29) is 11.9 Å². The van der Waals surface area contributed by atoms with Crippen molar-refractivity contribution in [3.8, 4) is 0 Å². The molecule has 0 aliphatic carbocycles. The van der Waals surface area contributed by atoms with Crippen LogP contribution in [0.1, 0.15) is 19.8 Å². The van der Waals surface area contributed by atoms with Gasteiger partial charge in [0.25, 0.3) is 0 Å². The van der Waals surface area contributed by atoms with E-state index in [9.17, 15) is 4.79 Å². The topological polar surface area (TPSA) is 32.8 Å². The predicted octanol–water partition coefficient (Wildman–Crippen LogP) is 2.53. The van der Waals surface area contributed by atoms with Crippen molar-refractivity contribution in [2.45, 2.75) is 19.8 Å². The fourth-order valence-corrected chi connectivity index (χ4v) is 2.73. The fourth-order valence-electron chi connectivity index (χ4n) is 2.73. The van der Waals surface area contributed by atoms with Crippen LogP contribution in [0, 0.1) is 5.92 Å². The van der Waals surface area contributed by atoms with Crippen LogP contribution in [0.25, 0.3) is 0 Å². The van der Waals surface area contributed by atoms with E-state index in [0.29, 0.717) is 6.61 Å². The van der Waals surface area contributed by atoms with E-state index < -0.39 is 0 Å². The minimum atomic E-state index is -0.0342. The summed E-state index contributed by atoms with van der Waals surface area (Å²) in [5, 5.41) is 0. The SMILES string of the molecule is CCOC(=O)C1CCN(c2ccccc2N(C)C)CC1. The standard InChI is InChI=1S/C16H24N2O2/c1-4-20-16(19)13-9-11-18(12-10-13)15-8-6-5-7-14(15)17(2)3/h5-8,13H,4,9-12H2,1-3H3. The Kier molecular flexibility index (Phi) is 4.88. The second kappa shape index (κ2) is 6.64. The van der Waals surface area contributed by atoms with E-state index in [0.717, 1.165) is 25.9 Å². The largest absolute Gasteiger partial charge is 0.466 e. The fraction of sp³-hybridized carbons (Fsp3) is 0.562. The van der Waals surface area contributed by atoms with E-state index in [1.54, 1.807) is 0 Å². The number of rotatable bonds is 4. The third-order valence-corrected chi connectivity index (χ3v) is 3.82. The van der Waals surface area contributed by atoms with Crippen molar-refractivity contribution in [1.82, 2.24) is 0 Å². The summed E-state index contributed by atoms with van der Waals surface area (Å²) in [6.45, 7) is 4.16. The van der Waals surface area contributed by atoms with Gasteiger partial charge in [-0.05, 0) is 31.9 Å². The molecule has 0 unspecified atom stereocenters. The molecule has 1 aliphatic heterocycles. The zero-order valence-electron chi connectivity index (χ0n) is 12.6. The molecule has 20 heavy (non-hydrogen) atoms. The first kappa shape index (κ1) is 14.7. The van der Waals surface area contributed by atoms with Gasteiger partial charge in [0, 0.05) is 27.2 Å². The minimum absolute atomic E-state index is 0.0342. The highest BCUT2D eigenvalue weighted by molar-refractivity contribution is 5.74. The summed E-state index contributed by atoms with van der Waals surface area (Å²) in [6, 6.07) is 8.41. The number of hydrogen-bond acceptors (Lipinski definition) is 4. The molecule has 0 spiro atoms. The summed E-state index contributed by atoms with van der Waals surface area (Å²) in [5.41, 5.74) is 2.47. The molecule has 1 aromatic carbocycles. The first-order valence-electron chi connectivity index (χ1n) is 7.31. The van der Waals surface area contributed by atoms with E-state index in [2.05, 4.69) is 48.2 Å². The van der Waals surface area contributed by atoms with Gasteiger partial charge in [-0.1, -0.05) is 12.1 Å². The zero-order valence-corrected chi connectivity index (χ0v) is 12.6. The average Bonchev–Trinajstić information content (AvgIpc) is 2.47. The zero-order chi connectivity index (χ0) is 14.5. The lowest BCUT2D eigenvalue weighted by Gasteiger charge is -2.34. The molecule has 110 valence electrons. The third-order valence-electron chi connectivity index (χ3n) is 3.82. The van der Waals surface area contributed by atoms with E-state index in [1.807, 2.05) is 6.92 Å².